The van der Waals surface area contributed by atoms with Crippen molar-refractivity contribution in [2.75, 3.05) is 0 Å². The summed E-state index contributed by atoms with van der Waals surface area (Å²) in [5, 5.41) is 1.15. The Hall–Kier alpha value is -0.834. The first-order chi connectivity index (χ1) is 12.2. The molecule has 0 heterocycles. The van der Waals surface area contributed by atoms with Crippen LogP contribution in [0.25, 0.3) is 0 Å². The Bertz CT molecular complexity index is 604. The van der Waals surface area contributed by atoms with Crippen molar-refractivity contribution in [1.82, 2.24) is 0 Å². The van der Waals surface area contributed by atoms with Gasteiger partial charge in [-0.15, -0.1) is 0 Å². The van der Waals surface area contributed by atoms with Gasteiger partial charge in [0, 0.05) is 0 Å². The van der Waals surface area contributed by atoms with Crippen LogP contribution in [0, 0.1) is 11.8 Å². The van der Waals surface area contributed by atoms with Crippen molar-refractivity contribution in [1.29, 1.82) is 0 Å². The van der Waals surface area contributed by atoms with Gasteiger partial charge in [0.05, 0.1) is 0 Å². The molecule has 0 bridgehead atoms. The third-order valence-corrected chi connectivity index (χ3v) is 12.2. The standard InChI is InChI=1S/C22H34O2SeSi/c1-22(2,3)26(4,5)24-21(23)20(18-12-8-6-9-13-18)16-17-25-19-14-10-7-11-15-19/h7-8,10-12,14-15,18,20H,6,9,13,16-17H2,1-5H3/t18-,20?/m1/s1. The Kier molecular flexibility index (Phi) is 7.75. The van der Waals surface area contributed by atoms with E-state index in [9.17, 15) is 4.79 Å². The van der Waals surface area contributed by atoms with Gasteiger partial charge in [0.1, 0.15) is 0 Å². The minimum absolute atomic E-state index is 0.0197. The molecule has 0 fully saturated rings. The molecule has 0 aliphatic heterocycles. The van der Waals surface area contributed by atoms with Crippen LogP contribution in [-0.2, 0) is 9.22 Å². The molecule has 1 aliphatic rings. The first-order valence-corrected chi connectivity index (χ1v) is 14.8. The number of hydrogen-bond donors (Lipinski definition) is 0. The molecule has 2 nitrogen and oxygen atoms in total. The van der Waals surface area contributed by atoms with E-state index in [1.54, 1.807) is 0 Å². The van der Waals surface area contributed by atoms with E-state index in [1.165, 1.54) is 10.9 Å². The van der Waals surface area contributed by atoms with Crippen LogP contribution in [0.5, 0.6) is 0 Å². The number of hydrogen-bond acceptors (Lipinski definition) is 2. The summed E-state index contributed by atoms with van der Waals surface area (Å²) >= 11 is 0.426. The van der Waals surface area contributed by atoms with Gasteiger partial charge < -0.3 is 0 Å². The van der Waals surface area contributed by atoms with Crippen LogP contribution >= 0.6 is 0 Å². The van der Waals surface area contributed by atoms with Crippen molar-refractivity contribution in [2.45, 2.75) is 69.9 Å². The fourth-order valence-electron chi connectivity index (χ4n) is 2.98. The van der Waals surface area contributed by atoms with Gasteiger partial charge in [0.15, 0.2) is 0 Å². The van der Waals surface area contributed by atoms with Gasteiger partial charge in [-0.2, -0.15) is 0 Å². The van der Waals surface area contributed by atoms with Crippen LogP contribution in [0.4, 0.5) is 0 Å². The van der Waals surface area contributed by atoms with Crippen molar-refractivity contribution in [3.05, 3.63) is 42.5 Å². The third-order valence-electron chi connectivity index (χ3n) is 5.71. The van der Waals surface area contributed by atoms with Gasteiger partial charge in [-0.05, 0) is 0 Å². The Balaban J connectivity index is 2.04. The maximum atomic E-state index is 13.1. The van der Waals surface area contributed by atoms with E-state index in [1.807, 2.05) is 0 Å². The fraction of sp³-hybridized carbons (Fsp3) is 0.591. The molecule has 0 N–H and O–H groups in total. The molecule has 0 saturated heterocycles. The maximum absolute atomic E-state index is 13.1. The molecule has 144 valence electrons. The molecule has 0 radical (unpaired) electrons. The van der Waals surface area contributed by atoms with E-state index in [4.69, 9.17) is 4.43 Å². The normalized spacial score (nSPS) is 19.2. The summed E-state index contributed by atoms with van der Waals surface area (Å²) in [5.41, 5.74) is 0. The van der Waals surface area contributed by atoms with Gasteiger partial charge in [-0.3, -0.25) is 0 Å². The van der Waals surface area contributed by atoms with Crippen molar-refractivity contribution < 1.29 is 9.22 Å². The second-order valence-electron chi connectivity index (χ2n) is 8.76. The Morgan fingerprint density at radius 1 is 1.27 bits per heavy atom. The quantitative estimate of drug-likeness (QED) is 0.425. The molecule has 4 heteroatoms. The predicted molar refractivity (Wildman–Crippen MR) is 115 cm³/mol. The topological polar surface area (TPSA) is 26.3 Å². The zero-order valence-corrected chi connectivity index (χ0v) is 19.7. The number of allylic oxidation sites excluding steroid dienone is 2. The number of carbonyl (C=O) groups is 1. The van der Waals surface area contributed by atoms with Crippen LogP contribution < -0.4 is 4.46 Å². The number of rotatable bonds is 7. The molecule has 0 spiro atoms. The number of carbonyl (C=O) groups excluding carboxylic acids is 1. The summed E-state index contributed by atoms with van der Waals surface area (Å²) in [7, 11) is -2.07. The van der Waals surface area contributed by atoms with Crippen molar-refractivity contribution in [3.8, 4) is 0 Å². The SMILES string of the molecule is CC(C)(C)[Si](C)(C)OC(=O)C(CC[Se]c1ccccc1)[C@@H]1C=CCCC1. The second-order valence-corrected chi connectivity index (χ2v) is 15.9. The van der Waals surface area contributed by atoms with Gasteiger partial charge in [-0.25, -0.2) is 0 Å². The fourth-order valence-corrected chi connectivity index (χ4v) is 5.95. The monoisotopic (exact) mass is 438 g/mol. The van der Waals surface area contributed by atoms with Crippen molar-refractivity contribution in [3.63, 3.8) is 0 Å². The Morgan fingerprint density at radius 2 is 1.96 bits per heavy atom. The molecule has 1 unspecified atom stereocenters. The van der Waals surface area contributed by atoms with Gasteiger partial charge in [-0.1, -0.05) is 0 Å². The molecular weight excluding hydrogens is 403 g/mol. The molecule has 1 aromatic rings. The van der Waals surface area contributed by atoms with E-state index < -0.39 is 8.32 Å². The molecule has 26 heavy (non-hydrogen) atoms. The minimum atomic E-state index is -2.07. The van der Waals surface area contributed by atoms with Crippen molar-refractivity contribution >= 4 is 33.7 Å². The van der Waals surface area contributed by atoms with Crippen LogP contribution in [0.2, 0.25) is 23.5 Å². The van der Waals surface area contributed by atoms with E-state index in [-0.39, 0.29) is 16.9 Å². The first-order valence-electron chi connectivity index (χ1n) is 9.78. The molecule has 1 aromatic carbocycles. The molecule has 1 aliphatic carbocycles. The van der Waals surface area contributed by atoms with E-state index in [0.29, 0.717) is 20.9 Å². The summed E-state index contributed by atoms with van der Waals surface area (Å²) in [6.45, 7) is 10.9. The van der Waals surface area contributed by atoms with Gasteiger partial charge >= 0.3 is 167 Å². The third kappa shape index (κ3) is 6.11. The van der Waals surface area contributed by atoms with E-state index in [2.05, 4.69) is 76.3 Å². The molecule has 0 amide bonds. The average Bonchev–Trinajstić information content (AvgIpc) is 2.59. The first kappa shape index (κ1) is 21.5. The molecule has 0 aromatic heterocycles. The van der Waals surface area contributed by atoms with Crippen LogP contribution in [0.15, 0.2) is 42.5 Å². The summed E-state index contributed by atoms with van der Waals surface area (Å²) in [5.74, 6) is 0.427. The predicted octanol–water partition coefficient (Wildman–Crippen LogP) is 5.35. The van der Waals surface area contributed by atoms with Crippen LogP contribution in [0.1, 0.15) is 46.5 Å². The average molecular weight is 438 g/mol. The second kappa shape index (κ2) is 9.39. The Labute approximate surface area is 167 Å². The summed E-state index contributed by atoms with van der Waals surface area (Å²) in [6, 6.07) is 10.7. The summed E-state index contributed by atoms with van der Waals surface area (Å²) in [4.78, 5) is 13.1. The molecular formula is C22H34O2SeSi. The van der Waals surface area contributed by atoms with E-state index in [0.717, 1.165) is 24.6 Å². The summed E-state index contributed by atoms with van der Waals surface area (Å²) in [6.07, 6.45) is 8.92. The van der Waals surface area contributed by atoms with Gasteiger partial charge in [0.2, 0.25) is 0 Å². The summed E-state index contributed by atoms with van der Waals surface area (Å²) < 4.78 is 7.61. The molecule has 2 rings (SSSR count). The molecule has 0 saturated carbocycles. The zero-order valence-electron chi connectivity index (χ0n) is 17.0. The van der Waals surface area contributed by atoms with Crippen molar-refractivity contribution in [2.24, 2.45) is 11.8 Å². The Morgan fingerprint density at radius 3 is 2.54 bits per heavy atom. The van der Waals surface area contributed by atoms with E-state index >= 15 is 0 Å². The molecule has 2 atom stereocenters. The van der Waals surface area contributed by atoms with Crippen LogP contribution in [0.3, 0.4) is 0 Å². The zero-order chi connectivity index (χ0) is 19.2. The van der Waals surface area contributed by atoms with Crippen LogP contribution in [-0.4, -0.2) is 29.2 Å². The van der Waals surface area contributed by atoms with Gasteiger partial charge in [0.25, 0.3) is 0 Å². The number of benzene rings is 1.